The monoisotopic (exact) mass is 454 g/mol. The van der Waals surface area contributed by atoms with Crippen molar-refractivity contribution in [1.29, 1.82) is 0 Å². The summed E-state index contributed by atoms with van der Waals surface area (Å²) in [5.41, 5.74) is 7.34. The number of hydrogen-bond donors (Lipinski definition) is 2. The van der Waals surface area contributed by atoms with Gasteiger partial charge in [0, 0.05) is 17.8 Å². The standard InChI is InChI=1S/C19H26N4O7S/c1-22-8-7-13(18(24)25)9-16(22)21-17(20)12-3-5-14(6-4-12)23-10-15(30-19(23)26)11-29-31(2,27)28/h3-6,13,15-16H,7-11H2,1-2H3,(H2,20,21)(H,24,25). The number of likely N-dealkylation sites (tertiary alicyclic amines) is 1. The van der Waals surface area contributed by atoms with Crippen molar-refractivity contribution in [3.63, 3.8) is 0 Å². The van der Waals surface area contributed by atoms with E-state index in [-0.39, 0.29) is 25.2 Å². The normalized spacial score (nSPS) is 25.5. The highest BCUT2D eigenvalue weighted by molar-refractivity contribution is 7.85. The molecule has 1 amide bonds. The zero-order valence-electron chi connectivity index (χ0n) is 17.3. The van der Waals surface area contributed by atoms with Crippen LogP contribution in [0.15, 0.2) is 29.3 Å². The Balaban J connectivity index is 1.66. The number of nitrogens with two attached hydrogens (primary N) is 1. The van der Waals surface area contributed by atoms with Gasteiger partial charge in [0.1, 0.15) is 24.7 Å². The first-order valence-corrected chi connectivity index (χ1v) is 11.5. The number of piperidine rings is 1. The third-order valence-corrected chi connectivity index (χ3v) is 5.85. The molecule has 1 aromatic rings. The predicted molar refractivity (Wildman–Crippen MR) is 112 cm³/mol. The molecule has 0 radical (unpaired) electrons. The number of carbonyl (C=O) groups is 2. The Morgan fingerprint density at radius 1 is 1.35 bits per heavy atom. The Morgan fingerprint density at radius 3 is 2.65 bits per heavy atom. The number of cyclic esters (lactones) is 1. The molecule has 3 unspecified atom stereocenters. The van der Waals surface area contributed by atoms with Crippen molar-refractivity contribution >= 4 is 33.7 Å². The van der Waals surface area contributed by atoms with Crippen LogP contribution >= 0.6 is 0 Å². The molecule has 0 bridgehead atoms. The molecule has 0 aliphatic carbocycles. The lowest BCUT2D eigenvalue weighted by molar-refractivity contribution is -0.143. The van der Waals surface area contributed by atoms with Crippen molar-refractivity contribution in [3.05, 3.63) is 29.8 Å². The number of hydrogen-bond acceptors (Lipinski definition) is 8. The molecule has 170 valence electrons. The van der Waals surface area contributed by atoms with E-state index in [1.807, 2.05) is 11.9 Å². The zero-order chi connectivity index (χ0) is 22.8. The smallest absolute Gasteiger partial charge is 0.414 e. The van der Waals surface area contributed by atoms with E-state index in [4.69, 9.17) is 14.7 Å². The molecule has 11 nitrogen and oxygen atoms in total. The number of amidine groups is 1. The largest absolute Gasteiger partial charge is 0.481 e. The van der Waals surface area contributed by atoms with Crippen molar-refractivity contribution in [2.24, 2.45) is 16.6 Å². The van der Waals surface area contributed by atoms with Gasteiger partial charge >= 0.3 is 12.1 Å². The molecule has 2 aliphatic heterocycles. The highest BCUT2D eigenvalue weighted by atomic mass is 32.2. The van der Waals surface area contributed by atoms with E-state index in [1.54, 1.807) is 24.3 Å². The number of nitrogens with zero attached hydrogens (tertiary/aromatic N) is 3. The van der Waals surface area contributed by atoms with Gasteiger partial charge in [-0.1, -0.05) is 0 Å². The van der Waals surface area contributed by atoms with Crippen LogP contribution in [0.5, 0.6) is 0 Å². The van der Waals surface area contributed by atoms with Gasteiger partial charge in [0.25, 0.3) is 10.1 Å². The summed E-state index contributed by atoms with van der Waals surface area (Å²) in [7, 11) is -1.74. The molecule has 2 fully saturated rings. The summed E-state index contributed by atoms with van der Waals surface area (Å²) >= 11 is 0. The number of rotatable bonds is 7. The highest BCUT2D eigenvalue weighted by Gasteiger charge is 2.33. The molecular weight excluding hydrogens is 428 g/mol. The summed E-state index contributed by atoms with van der Waals surface area (Å²) in [6, 6.07) is 6.78. The molecule has 2 saturated heterocycles. The average Bonchev–Trinajstić information content (AvgIpc) is 3.08. The van der Waals surface area contributed by atoms with E-state index in [0.717, 1.165) is 6.26 Å². The zero-order valence-corrected chi connectivity index (χ0v) is 18.1. The minimum Gasteiger partial charge on any atom is -0.481 e. The van der Waals surface area contributed by atoms with Crippen LogP contribution in [0.4, 0.5) is 10.5 Å². The van der Waals surface area contributed by atoms with Gasteiger partial charge in [0.2, 0.25) is 0 Å². The first-order chi connectivity index (χ1) is 14.5. The molecule has 3 rings (SSSR count). The fourth-order valence-corrected chi connectivity index (χ4v) is 3.90. The van der Waals surface area contributed by atoms with Crippen molar-refractivity contribution in [2.75, 3.05) is 37.9 Å². The van der Waals surface area contributed by atoms with Crippen LogP contribution in [0.2, 0.25) is 0 Å². The number of amides is 1. The van der Waals surface area contributed by atoms with Gasteiger partial charge in [-0.15, -0.1) is 0 Å². The maximum atomic E-state index is 12.1. The van der Waals surface area contributed by atoms with Crippen LogP contribution in [0, 0.1) is 5.92 Å². The van der Waals surface area contributed by atoms with Crippen molar-refractivity contribution in [3.8, 4) is 0 Å². The van der Waals surface area contributed by atoms with Crippen LogP contribution < -0.4 is 10.6 Å². The quantitative estimate of drug-likeness (QED) is 0.340. The van der Waals surface area contributed by atoms with E-state index in [1.165, 1.54) is 4.90 Å². The van der Waals surface area contributed by atoms with Gasteiger partial charge in [-0.3, -0.25) is 18.8 Å². The van der Waals surface area contributed by atoms with Crippen molar-refractivity contribution in [2.45, 2.75) is 25.1 Å². The fraction of sp³-hybridized carbons (Fsp3) is 0.526. The van der Waals surface area contributed by atoms with Crippen LogP contribution in [0.25, 0.3) is 0 Å². The Labute approximate surface area is 180 Å². The molecule has 1 aromatic carbocycles. The first-order valence-electron chi connectivity index (χ1n) is 9.73. The number of benzene rings is 1. The maximum Gasteiger partial charge on any atom is 0.414 e. The van der Waals surface area contributed by atoms with E-state index in [0.29, 0.717) is 30.6 Å². The first kappa shape index (κ1) is 23.0. The van der Waals surface area contributed by atoms with Crippen molar-refractivity contribution in [1.82, 2.24) is 4.90 Å². The number of carboxylic acid groups (broad SMARTS) is 1. The van der Waals surface area contributed by atoms with Gasteiger partial charge in [0.15, 0.2) is 0 Å². The van der Waals surface area contributed by atoms with Gasteiger partial charge < -0.3 is 15.6 Å². The van der Waals surface area contributed by atoms with E-state index < -0.39 is 34.2 Å². The van der Waals surface area contributed by atoms with Gasteiger partial charge in [0.05, 0.1) is 18.7 Å². The fourth-order valence-electron chi connectivity index (χ4n) is 3.50. The summed E-state index contributed by atoms with van der Waals surface area (Å²) in [5, 5.41) is 9.26. The Hall–Kier alpha value is -2.70. The summed E-state index contributed by atoms with van der Waals surface area (Å²) in [4.78, 5) is 31.2. The molecule has 0 aromatic heterocycles. The second kappa shape index (κ2) is 9.20. The highest BCUT2D eigenvalue weighted by Crippen LogP contribution is 2.25. The van der Waals surface area contributed by atoms with Crippen LogP contribution in [-0.2, 0) is 23.8 Å². The third-order valence-electron chi connectivity index (χ3n) is 5.29. The second-order valence-corrected chi connectivity index (χ2v) is 9.33. The predicted octanol–water partition coefficient (Wildman–Crippen LogP) is 0.446. The maximum absolute atomic E-state index is 12.1. The molecule has 0 spiro atoms. The van der Waals surface area contributed by atoms with Crippen LogP contribution in [-0.4, -0.2) is 81.6 Å². The second-order valence-electron chi connectivity index (χ2n) is 7.69. The number of carbonyl (C=O) groups excluding carboxylic acids is 1. The molecule has 2 heterocycles. The minimum atomic E-state index is -3.62. The van der Waals surface area contributed by atoms with Crippen LogP contribution in [0.1, 0.15) is 18.4 Å². The molecule has 12 heteroatoms. The number of carboxylic acids is 1. The summed E-state index contributed by atoms with van der Waals surface area (Å²) in [6.45, 7) is 0.532. The molecule has 3 atom stereocenters. The SMILES string of the molecule is CN1CCC(C(=O)O)CC1N=C(N)c1ccc(N2CC(COS(C)(=O)=O)OC2=O)cc1. The molecule has 3 N–H and O–H groups in total. The Morgan fingerprint density at radius 2 is 2.03 bits per heavy atom. The molecule has 2 aliphatic rings. The topological polar surface area (TPSA) is 152 Å². The van der Waals surface area contributed by atoms with Gasteiger partial charge in [-0.25, -0.2) is 9.79 Å². The van der Waals surface area contributed by atoms with Gasteiger partial charge in [-0.05, 0) is 44.2 Å². The van der Waals surface area contributed by atoms with Crippen LogP contribution in [0.3, 0.4) is 0 Å². The molecule has 31 heavy (non-hydrogen) atoms. The average molecular weight is 455 g/mol. The summed E-state index contributed by atoms with van der Waals surface area (Å²) in [6.07, 6.45) is 0.283. The Bertz CT molecular complexity index is 964. The summed E-state index contributed by atoms with van der Waals surface area (Å²) in [5.74, 6) is -0.993. The lowest BCUT2D eigenvalue weighted by atomic mass is 9.95. The van der Waals surface area contributed by atoms with Gasteiger partial charge in [-0.2, -0.15) is 8.42 Å². The number of aliphatic carboxylic acids is 1. The van der Waals surface area contributed by atoms with Crippen molar-refractivity contribution < 1.29 is 32.0 Å². The number of ether oxygens (including phenoxy) is 1. The Kier molecular flexibility index (Phi) is 6.82. The lowest BCUT2D eigenvalue weighted by Gasteiger charge is -2.33. The molecule has 0 saturated carbocycles. The molecular formula is C19H26N4O7S. The number of anilines is 1. The third kappa shape index (κ3) is 5.93. The van der Waals surface area contributed by atoms with E-state index >= 15 is 0 Å². The van der Waals surface area contributed by atoms with E-state index in [2.05, 4.69) is 4.99 Å². The minimum absolute atomic E-state index is 0.153. The number of aliphatic imine (C=N–C) groups is 1. The van der Waals surface area contributed by atoms with E-state index in [9.17, 15) is 23.1 Å². The summed E-state index contributed by atoms with van der Waals surface area (Å²) < 4.78 is 32.0. The lowest BCUT2D eigenvalue weighted by Crippen LogP contribution is -2.41.